The van der Waals surface area contributed by atoms with Crippen molar-refractivity contribution in [2.24, 2.45) is 0 Å². The first-order chi connectivity index (χ1) is 9.38. The average Bonchev–Trinajstić information content (AvgIpc) is 2.38. The number of aromatic hydroxyl groups is 2. The molecule has 0 unspecified atom stereocenters. The number of phenolic OH excluding ortho intramolecular Hbond substituents is 2. The lowest BCUT2D eigenvalue weighted by molar-refractivity contribution is 0.102. The first-order valence-electron chi connectivity index (χ1n) is 5.36. The highest BCUT2D eigenvalue weighted by atomic mass is 127. The van der Waals surface area contributed by atoms with Gasteiger partial charge in [0.05, 0.1) is 15.6 Å². The maximum absolute atomic E-state index is 12.1. The molecule has 4 nitrogen and oxygen atoms in total. The van der Waals surface area contributed by atoms with Crippen LogP contribution in [0, 0.1) is 3.57 Å². The summed E-state index contributed by atoms with van der Waals surface area (Å²) in [6.45, 7) is 0. The summed E-state index contributed by atoms with van der Waals surface area (Å²) in [5, 5.41) is 21.7. The number of anilines is 1. The molecule has 2 rings (SSSR count). The average molecular weight is 424 g/mol. The maximum atomic E-state index is 12.1. The molecule has 2 aromatic rings. The van der Waals surface area contributed by atoms with Gasteiger partial charge < -0.3 is 15.5 Å². The van der Waals surface area contributed by atoms with Gasteiger partial charge >= 0.3 is 0 Å². The molecule has 0 aliphatic heterocycles. The van der Waals surface area contributed by atoms with E-state index in [1.165, 1.54) is 18.2 Å². The molecule has 0 heterocycles. The van der Waals surface area contributed by atoms with E-state index in [4.69, 9.17) is 23.2 Å². The molecule has 0 atom stereocenters. The van der Waals surface area contributed by atoms with Crippen LogP contribution in [-0.4, -0.2) is 16.1 Å². The Labute approximate surface area is 138 Å². The van der Waals surface area contributed by atoms with Gasteiger partial charge in [0.1, 0.15) is 5.75 Å². The minimum absolute atomic E-state index is 0.0275. The summed E-state index contributed by atoms with van der Waals surface area (Å²) in [6.07, 6.45) is 0. The summed E-state index contributed by atoms with van der Waals surface area (Å²) in [7, 11) is 0. The lowest BCUT2D eigenvalue weighted by Crippen LogP contribution is -2.12. The molecule has 7 heteroatoms. The standard InChI is InChI=1S/C13H8Cl2INO3/c14-9-4-7(5-10(15)12(9)19)17-13(20)8-3-6(16)1-2-11(8)18/h1-5,18-19H,(H,17,20). The van der Waals surface area contributed by atoms with E-state index in [2.05, 4.69) is 5.32 Å². The minimum atomic E-state index is -0.501. The van der Waals surface area contributed by atoms with Gasteiger partial charge in [-0.25, -0.2) is 0 Å². The third-order valence-electron chi connectivity index (χ3n) is 2.48. The van der Waals surface area contributed by atoms with Crippen LogP contribution in [0.25, 0.3) is 0 Å². The minimum Gasteiger partial charge on any atom is -0.507 e. The molecule has 0 fully saturated rings. The van der Waals surface area contributed by atoms with Gasteiger partial charge in [0.2, 0.25) is 0 Å². The van der Waals surface area contributed by atoms with Crippen LogP contribution in [0.2, 0.25) is 10.0 Å². The molecule has 0 aliphatic rings. The van der Waals surface area contributed by atoms with Crippen molar-refractivity contribution in [3.63, 3.8) is 0 Å². The van der Waals surface area contributed by atoms with E-state index in [1.54, 1.807) is 12.1 Å². The van der Waals surface area contributed by atoms with E-state index < -0.39 is 5.91 Å². The number of carbonyl (C=O) groups excluding carboxylic acids is 1. The molecular formula is C13H8Cl2INO3. The third-order valence-corrected chi connectivity index (χ3v) is 3.73. The van der Waals surface area contributed by atoms with Crippen LogP contribution in [0.15, 0.2) is 30.3 Å². The van der Waals surface area contributed by atoms with E-state index in [9.17, 15) is 15.0 Å². The van der Waals surface area contributed by atoms with Gasteiger partial charge in [0.15, 0.2) is 5.75 Å². The summed E-state index contributed by atoms with van der Waals surface area (Å²) < 4.78 is 0.812. The Bertz CT molecular complexity index is 668. The Kier molecular flexibility index (Phi) is 4.62. The van der Waals surface area contributed by atoms with Crippen LogP contribution in [0.3, 0.4) is 0 Å². The molecule has 3 N–H and O–H groups in total. The van der Waals surface area contributed by atoms with Crippen LogP contribution in [0.5, 0.6) is 11.5 Å². The highest BCUT2D eigenvalue weighted by Gasteiger charge is 2.14. The smallest absolute Gasteiger partial charge is 0.259 e. The third kappa shape index (κ3) is 3.28. The molecule has 0 aromatic heterocycles. The molecule has 2 aromatic carbocycles. The van der Waals surface area contributed by atoms with Crippen LogP contribution in [0.4, 0.5) is 5.69 Å². The molecule has 104 valence electrons. The molecule has 0 bridgehead atoms. The van der Waals surface area contributed by atoms with Gasteiger partial charge in [-0.3, -0.25) is 4.79 Å². The molecule has 0 saturated heterocycles. The number of rotatable bonds is 2. The van der Waals surface area contributed by atoms with Crippen molar-refractivity contribution in [1.82, 2.24) is 0 Å². The number of benzene rings is 2. The molecular weight excluding hydrogens is 416 g/mol. The second-order valence-corrected chi connectivity index (χ2v) is 5.96. The van der Waals surface area contributed by atoms with Gasteiger partial charge in [0.25, 0.3) is 5.91 Å². The van der Waals surface area contributed by atoms with Crippen molar-refractivity contribution < 1.29 is 15.0 Å². The second-order valence-electron chi connectivity index (χ2n) is 3.90. The van der Waals surface area contributed by atoms with Crippen LogP contribution >= 0.6 is 45.8 Å². The number of carbonyl (C=O) groups is 1. The van der Waals surface area contributed by atoms with Crippen molar-refractivity contribution in [3.05, 3.63) is 49.5 Å². The van der Waals surface area contributed by atoms with Gasteiger partial charge in [0, 0.05) is 9.26 Å². The van der Waals surface area contributed by atoms with Crippen molar-refractivity contribution in [3.8, 4) is 11.5 Å². The fraction of sp³-hybridized carbons (Fsp3) is 0. The predicted octanol–water partition coefficient (Wildman–Crippen LogP) is 4.26. The topological polar surface area (TPSA) is 69.6 Å². The SMILES string of the molecule is O=C(Nc1cc(Cl)c(O)c(Cl)c1)c1cc(I)ccc1O. The Morgan fingerprint density at radius 1 is 1.10 bits per heavy atom. The number of nitrogens with one attached hydrogen (secondary N) is 1. The van der Waals surface area contributed by atoms with Crippen molar-refractivity contribution in [2.45, 2.75) is 0 Å². The van der Waals surface area contributed by atoms with Gasteiger partial charge in [-0.2, -0.15) is 0 Å². The monoisotopic (exact) mass is 423 g/mol. The summed E-state index contributed by atoms with van der Waals surface area (Å²) in [5.41, 5.74) is 0.457. The highest BCUT2D eigenvalue weighted by molar-refractivity contribution is 14.1. The lowest BCUT2D eigenvalue weighted by Gasteiger charge is -2.09. The van der Waals surface area contributed by atoms with Crippen LogP contribution in [-0.2, 0) is 0 Å². The Balaban J connectivity index is 2.30. The van der Waals surface area contributed by atoms with Gasteiger partial charge in [-0.1, -0.05) is 23.2 Å². The Morgan fingerprint density at radius 2 is 1.70 bits per heavy atom. The summed E-state index contributed by atoms with van der Waals surface area (Å²) in [4.78, 5) is 12.1. The number of halogens is 3. The first-order valence-corrected chi connectivity index (χ1v) is 7.20. The molecule has 0 saturated carbocycles. The van der Waals surface area contributed by atoms with Crippen LogP contribution < -0.4 is 5.32 Å². The Hall–Kier alpha value is -1.18. The first kappa shape index (κ1) is 15.2. The molecule has 0 spiro atoms. The van der Waals surface area contributed by atoms with Crippen molar-refractivity contribution in [2.75, 3.05) is 5.32 Å². The highest BCUT2D eigenvalue weighted by Crippen LogP contribution is 2.35. The van der Waals surface area contributed by atoms with E-state index >= 15 is 0 Å². The normalized spacial score (nSPS) is 10.3. The number of phenols is 2. The molecule has 0 aliphatic carbocycles. The quantitative estimate of drug-likeness (QED) is 0.499. The van der Waals surface area contributed by atoms with E-state index in [1.807, 2.05) is 22.6 Å². The van der Waals surface area contributed by atoms with E-state index in [0.29, 0.717) is 5.69 Å². The zero-order chi connectivity index (χ0) is 14.9. The van der Waals surface area contributed by atoms with Crippen molar-refractivity contribution in [1.29, 1.82) is 0 Å². The Morgan fingerprint density at radius 3 is 2.30 bits per heavy atom. The molecule has 20 heavy (non-hydrogen) atoms. The number of hydrogen-bond donors (Lipinski definition) is 3. The fourth-order valence-corrected chi connectivity index (χ4v) is 2.50. The van der Waals surface area contributed by atoms with E-state index in [-0.39, 0.29) is 27.1 Å². The van der Waals surface area contributed by atoms with Crippen LogP contribution in [0.1, 0.15) is 10.4 Å². The lowest BCUT2D eigenvalue weighted by atomic mass is 10.2. The van der Waals surface area contributed by atoms with Crippen molar-refractivity contribution >= 4 is 57.4 Å². The van der Waals surface area contributed by atoms with Gasteiger partial charge in [-0.15, -0.1) is 0 Å². The number of hydrogen-bond acceptors (Lipinski definition) is 3. The zero-order valence-corrected chi connectivity index (χ0v) is 13.5. The molecule has 0 radical (unpaired) electrons. The number of amides is 1. The summed E-state index contributed by atoms with van der Waals surface area (Å²) in [5.74, 6) is -0.874. The predicted molar refractivity (Wildman–Crippen MR) is 86.9 cm³/mol. The van der Waals surface area contributed by atoms with Gasteiger partial charge in [-0.05, 0) is 52.9 Å². The van der Waals surface area contributed by atoms with E-state index in [0.717, 1.165) is 3.57 Å². The maximum Gasteiger partial charge on any atom is 0.259 e. The second kappa shape index (κ2) is 6.07. The fourth-order valence-electron chi connectivity index (χ4n) is 1.53. The zero-order valence-electron chi connectivity index (χ0n) is 9.82. The molecule has 1 amide bonds. The summed E-state index contributed by atoms with van der Waals surface area (Å²) in [6, 6.07) is 7.40. The largest absolute Gasteiger partial charge is 0.507 e. The summed E-state index contributed by atoms with van der Waals surface area (Å²) >= 11 is 13.6.